The highest BCUT2D eigenvalue weighted by Gasteiger charge is 2.16. The molecule has 0 atom stereocenters. The van der Waals surface area contributed by atoms with E-state index in [2.05, 4.69) is 29.4 Å². The van der Waals surface area contributed by atoms with Gasteiger partial charge in [-0.15, -0.1) is 0 Å². The van der Waals surface area contributed by atoms with E-state index >= 15 is 0 Å². The number of amides is 1. The van der Waals surface area contributed by atoms with Crippen molar-refractivity contribution in [3.05, 3.63) is 63.2 Å². The molecule has 0 saturated heterocycles. The molecule has 1 N–H and O–H groups in total. The van der Waals surface area contributed by atoms with Crippen LogP contribution in [0.1, 0.15) is 36.4 Å². The molecule has 7 nitrogen and oxygen atoms in total. The van der Waals surface area contributed by atoms with E-state index < -0.39 is 0 Å². The zero-order valence-corrected chi connectivity index (χ0v) is 17.6. The molecule has 0 spiro atoms. The molecule has 7 heteroatoms. The SMILES string of the molecule is CCc1cccc(CC)c1NC(=O)Cn1nc(-c2c(C)nn(C)c2C)ccc1=O. The molecule has 152 valence electrons. The van der Waals surface area contributed by atoms with E-state index in [9.17, 15) is 9.59 Å². The van der Waals surface area contributed by atoms with Gasteiger partial charge in [0, 0.05) is 30.1 Å². The maximum Gasteiger partial charge on any atom is 0.267 e. The van der Waals surface area contributed by atoms with E-state index in [1.165, 1.54) is 10.7 Å². The van der Waals surface area contributed by atoms with Gasteiger partial charge in [-0.25, -0.2) is 4.68 Å². The number of benzene rings is 1. The van der Waals surface area contributed by atoms with E-state index in [0.29, 0.717) is 5.69 Å². The van der Waals surface area contributed by atoms with Gasteiger partial charge < -0.3 is 5.32 Å². The molecule has 1 aromatic carbocycles. The van der Waals surface area contributed by atoms with Crippen molar-refractivity contribution >= 4 is 11.6 Å². The van der Waals surface area contributed by atoms with Gasteiger partial charge in [0.05, 0.1) is 11.4 Å². The van der Waals surface area contributed by atoms with Crippen molar-refractivity contribution in [2.45, 2.75) is 47.1 Å². The second-order valence-corrected chi connectivity index (χ2v) is 7.09. The largest absolute Gasteiger partial charge is 0.324 e. The lowest BCUT2D eigenvalue weighted by Gasteiger charge is -2.15. The second kappa shape index (κ2) is 8.43. The van der Waals surface area contributed by atoms with E-state index in [0.717, 1.165) is 46.6 Å². The minimum absolute atomic E-state index is 0.147. The Morgan fingerprint density at radius 1 is 1.03 bits per heavy atom. The summed E-state index contributed by atoms with van der Waals surface area (Å²) in [5, 5.41) is 11.8. The summed E-state index contributed by atoms with van der Waals surface area (Å²) >= 11 is 0. The normalized spacial score (nSPS) is 10.9. The lowest BCUT2D eigenvalue weighted by Crippen LogP contribution is -2.29. The fourth-order valence-corrected chi connectivity index (χ4v) is 3.56. The second-order valence-electron chi connectivity index (χ2n) is 7.09. The Kier molecular flexibility index (Phi) is 5.96. The molecule has 0 radical (unpaired) electrons. The molecule has 0 aliphatic carbocycles. The Labute approximate surface area is 170 Å². The average Bonchev–Trinajstić information content (AvgIpc) is 2.95. The number of rotatable bonds is 6. The Morgan fingerprint density at radius 3 is 2.24 bits per heavy atom. The first-order valence-corrected chi connectivity index (χ1v) is 9.85. The van der Waals surface area contributed by atoms with Crippen LogP contribution in [0.2, 0.25) is 0 Å². The lowest BCUT2D eigenvalue weighted by atomic mass is 10.0. The van der Waals surface area contributed by atoms with Crippen LogP contribution < -0.4 is 10.9 Å². The highest BCUT2D eigenvalue weighted by atomic mass is 16.2. The Bertz CT molecular complexity index is 1090. The van der Waals surface area contributed by atoms with Crippen LogP contribution in [0.4, 0.5) is 5.69 Å². The van der Waals surface area contributed by atoms with Crippen LogP contribution in [-0.4, -0.2) is 25.5 Å². The summed E-state index contributed by atoms with van der Waals surface area (Å²) in [5.41, 5.74) is 5.97. The number of carbonyl (C=O) groups is 1. The Hall–Kier alpha value is -3.22. The molecule has 3 aromatic rings. The van der Waals surface area contributed by atoms with Crippen LogP contribution in [0.15, 0.2) is 35.1 Å². The van der Waals surface area contributed by atoms with Gasteiger partial charge in [-0.2, -0.15) is 10.2 Å². The van der Waals surface area contributed by atoms with Crippen LogP contribution >= 0.6 is 0 Å². The predicted octanol–water partition coefficient (Wildman–Crippen LogP) is 3.02. The third kappa shape index (κ3) is 4.13. The van der Waals surface area contributed by atoms with Crippen LogP contribution in [-0.2, 0) is 31.2 Å². The third-order valence-electron chi connectivity index (χ3n) is 5.19. The van der Waals surface area contributed by atoms with Crippen LogP contribution in [0, 0.1) is 13.8 Å². The zero-order chi connectivity index (χ0) is 21.1. The molecule has 2 aromatic heterocycles. The van der Waals surface area contributed by atoms with Gasteiger partial charge >= 0.3 is 0 Å². The molecule has 0 saturated carbocycles. The number of hydrogen-bond donors (Lipinski definition) is 1. The van der Waals surface area contributed by atoms with Crippen molar-refractivity contribution < 1.29 is 4.79 Å². The van der Waals surface area contributed by atoms with Crippen LogP contribution in [0.25, 0.3) is 11.3 Å². The van der Waals surface area contributed by atoms with E-state index in [1.54, 1.807) is 10.7 Å². The van der Waals surface area contributed by atoms with Gasteiger partial charge in [0.1, 0.15) is 6.54 Å². The minimum Gasteiger partial charge on any atom is -0.324 e. The number of anilines is 1. The highest BCUT2D eigenvalue weighted by molar-refractivity contribution is 5.92. The highest BCUT2D eigenvalue weighted by Crippen LogP contribution is 2.24. The topological polar surface area (TPSA) is 81.8 Å². The summed E-state index contributed by atoms with van der Waals surface area (Å²) in [6.45, 7) is 7.82. The Balaban J connectivity index is 1.90. The van der Waals surface area contributed by atoms with Crippen LogP contribution in [0.3, 0.4) is 0 Å². The molecule has 0 fully saturated rings. The molecular formula is C22H27N5O2. The number of para-hydroxylation sites is 1. The van der Waals surface area contributed by atoms with Gasteiger partial charge in [-0.05, 0) is 43.9 Å². The first kappa shape index (κ1) is 20.5. The third-order valence-corrected chi connectivity index (χ3v) is 5.19. The number of nitrogens with one attached hydrogen (secondary N) is 1. The average molecular weight is 393 g/mol. The van der Waals surface area contributed by atoms with Crippen molar-refractivity contribution in [1.29, 1.82) is 0 Å². The smallest absolute Gasteiger partial charge is 0.267 e. The van der Waals surface area contributed by atoms with E-state index in [1.807, 2.05) is 39.1 Å². The quantitative estimate of drug-likeness (QED) is 0.698. The number of nitrogens with zero attached hydrogens (tertiary/aromatic N) is 4. The molecule has 0 aliphatic heterocycles. The van der Waals surface area contributed by atoms with Crippen molar-refractivity contribution in [2.75, 3.05) is 5.32 Å². The molecule has 0 aliphatic rings. The minimum atomic E-state index is -0.317. The van der Waals surface area contributed by atoms with Crippen LogP contribution in [0.5, 0.6) is 0 Å². The number of carbonyl (C=O) groups excluding carboxylic acids is 1. The van der Waals surface area contributed by atoms with Crippen molar-refractivity contribution in [2.24, 2.45) is 7.05 Å². The maximum atomic E-state index is 12.7. The fourth-order valence-electron chi connectivity index (χ4n) is 3.56. The molecule has 3 rings (SSSR count). The lowest BCUT2D eigenvalue weighted by molar-refractivity contribution is -0.117. The summed E-state index contributed by atoms with van der Waals surface area (Å²) in [4.78, 5) is 25.0. The molecule has 0 bridgehead atoms. The summed E-state index contributed by atoms with van der Waals surface area (Å²) < 4.78 is 2.99. The summed E-state index contributed by atoms with van der Waals surface area (Å²) in [7, 11) is 1.87. The van der Waals surface area contributed by atoms with Gasteiger partial charge in [0.15, 0.2) is 0 Å². The standard InChI is InChI=1S/C22H27N5O2/c1-6-16-9-8-10-17(7-2)22(16)23-19(28)13-27-20(29)12-11-18(25-27)21-14(3)24-26(5)15(21)4/h8-12H,6-7,13H2,1-5H3,(H,23,28). The first-order chi connectivity index (χ1) is 13.8. The predicted molar refractivity (Wildman–Crippen MR) is 114 cm³/mol. The number of aromatic nitrogens is 4. The molecule has 1 amide bonds. The van der Waals surface area contributed by atoms with Gasteiger partial charge in [-0.1, -0.05) is 32.0 Å². The summed E-state index contributed by atoms with van der Waals surface area (Å²) in [6, 6.07) is 9.14. The fraction of sp³-hybridized carbons (Fsp3) is 0.364. The Morgan fingerprint density at radius 2 is 1.69 bits per heavy atom. The van der Waals surface area contributed by atoms with E-state index in [4.69, 9.17) is 0 Å². The number of aryl methyl sites for hydroxylation is 4. The van der Waals surface area contributed by atoms with Gasteiger partial charge in [0.25, 0.3) is 5.56 Å². The van der Waals surface area contributed by atoms with Gasteiger partial charge in [-0.3, -0.25) is 14.3 Å². The van der Waals surface area contributed by atoms with Crippen molar-refractivity contribution in [3.63, 3.8) is 0 Å². The summed E-state index contributed by atoms with van der Waals surface area (Å²) in [6.07, 6.45) is 1.63. The zero-order valence-electron chi connectivity index (χ0n) is 17.6. The van der Waals surface area contributed by atoms with Crippen molar-refractivity contribution in [3.8, 4) is 11.3 Å². The molecule has 0 unspecified atom stereocenters. The summed E-state index contributed by atoms with van der Waals surface area (Å²) in [5.74, 6) is -0.271. The maximum absolute atomic E-state index is 12.7. The van der Waals surface area contributed by atoms with E-state index in [-0.39, 0.29) is 18.0 Å². The molecule has 2 heterocycles. The molecule has 29 heavy (non-hydrogen) atoms. The number of hydrogen-bond acceptors (Lipinski definition) is 4. The van der Waals surface area contributed by atoms with Crippen molar-refractivity contribution in [1.82, 2.24) is 19.6 Å². The monoisotopic (exact) mass is 393 g/mol. The molecular weight excluding hydrogens is 366 g/mol. The first-order valence-electron chi connectivity index (χ1n) is 9.85. The van der Waals surface area contributed by atoms with Gasteiger partial charge in [0.2, 0.25) is 5.91 Å².